The highest BCUT2D eigenvalue weighted by Crippen LogP contribution is 2.13. The Morgan fingerprint density at radius 3 is 2.77 bits per heavy atom. The third-order valence-electron chi connectivity index (χ3n) is 1.89. The molecule has 0 aliphatic rings. The van der Waals surface area contributed by atoms with E-state index in [9.17, 15) is 0 Å². The maximum Gasteiger partial charge on any atom is 0.141 e. The van der Waals surface area contributed by atoms with E-state index in [4.69, 9.17) is 4.52 Å². The second kappa shape index (κ2) is 4.82. The van der Waals surface area contributed by atoms with Crippen molar-refractivity contribution in [2.75, 3.05) is 13.1 Å². The number of rotatable bonds is 4. The zero-order valence-electron chi connectivity index (χ0n) is 8.42. The molecular formula is C10H16N2O. The fourth-order valence-corrected chi connectivity index (χ4v) is 1.13. The predicted molar refractivity (Wildman–Crippen MR) is 53.6 cm³/mol. The van der Waals surface area contributed by atoms with Crippen LogP contribution in [-0.4, -0.2) is 18.2 Å². The normalized spacial score (nSPS) is 11.3. The lowest BCUT2D eigenvalue weighted by Crippen LogP contribution is -2.11. The van der Waals surface area contributed by atoms with Gasteiger partial charge in [-0.25, -0.2) is 0 Å². The van der Waals surface area contributed by atoms with Gasteiger partial charge in [0.05, 0.1) is 5.69 Å². The van der Waals surface area contributed by atoms with Crippen LogP contribution in [0.3, 0.4) is 0 Å². The zero-order chi connectivity index (χ0) is 9.68. The molecule has 72 valence electrons. The minimum absolute atomic E-state index is 0.880. The highest BCUT2D eigenvalue weighted by Gasteiger charge is 2.03. The van der Waals surface area contributed by atoms with E-state index in [1.807, 2.05) is 19.9 Å². The topological polar surface area (TPSA) is 38.1 Å². The number of hydrogen-bond donors (Lipinski definition) is 1. The minimum atomic E-state index is 0.880. The van der Waals surface area contributed by atoms with Gasteiger partial charge < -0.3 is 9.84 Å². The lowest BCUT2D eigenvalue weighted by molar-refractivity contribution is 0.393. The molecular weight excluding hydrogens is 164 g/mol. The number of hydrogen-bond acceptors (Lipinski definition) is 3. The first kappa shape index (κ1) is 9.99. The molecule has 13 heavy (non-hydrogen) atoms. The Balaban J connectivity index is 2.57. The third-order valence-corrected chi connectivity index (χ3v) is 1.89. The van der Waals surface area contributed by atoms with Gasteiger partial charge in [-0.05, 0) is 20.4 Å². The van der Waals surface area contributed by atoms with E-state index >= 15 is 0 Å². The van der Waals surface area contributed by atoms with Gasteiger partial charge in [-0.1, -0.05) is 24.2 Å². The molecule has 0 unspecified atom stereocenters. The summed E-state index contributed by atoms with van der Waals surface area (Å²) in [6.07, 6.45) is 4.12. The van der Waals surface area contributed by atoms with Crippen LogP contribution in [-0.2, 0) is 0 Å². The van der Waals surface area contributed by atoms with E-state index in [1.54, 1.807) is 0 Å². The van der Waals surface area contributed by atoms with Crippen molar-refractivity contribution in [2.24, 2.45) is 0 Å². The Morgan fingerprint density at radius 1 is 1.46 bits per heavy atom. The molecule has 0 aromatic carbocycles. The van der Waals surface area contributed by atoms with Gasteiger partial charge in [0, 0.05) is 12.1 Å². The Bertz CT molecular complexity index is 270. The Labute approximate surface area is 78.8 Å². The molecule has 1 aromatic heterocycles. The Hall–Kier alpha value is -1.09. The van der Waals surface area contributed by atoms with E-state index < -0.39 is 0 Å². The summed E-state index contributed by atoms with van der Waals surface area (Å²) < 4.78 is 5.03. The van der Waals surface area contributed by atoms with E-state index in [0.29, 0.717) is 0 Å². The van der Waals surface area contributed by atoms with Crippen LogP contribution >= 0.6 is 0 Å². The molecule has 0 aliphatic carbocycles. The predicted octanol–water partition coefficient (Wildman–Crippen LogP) is 1.91. The van der Waals surface area contributed by atoms with Crippen LogP contribution in [0.4, 0.5) is 0 Å². The van der Waals surface area contributed by atoms with E-state index in [0.717, 1.165) is 30.1 Å². The molecule has 3 nitrogen and oxygen atoms in total. The van der Waals surface area contributed by atoms with Crippen LogP contribution in [0.25, 0.3) is 6.08 Å². The Morgan fingerprint density at radius 2 is 2.23 bits per heavy atom. The molecule has 0 bridgehead atoms. The van der Waals surface area contributed by atoms with Crippen molar-refractivity contribution in [3.05, 3.63) is 23.1 Å². The quantitative estimate of drug-likeness (QED) is 0.719. The van der Waals surface area contributed by atoms with Crippen molar-refractivity contribution in [3.63, 3.8) is 0 Å². The van der Waals surface area contributed by atoms with Gasteiger partial charge in [0.15, 0.2) is 0 Å². The molecule has 1 heterocycles. The van der Waals surface area contributed by atoms with E-state index in [-0.39, 0.29) is 0 Å². The van der Waals surface area contributed by atoms with Crippen molar-refractivity contribution in [2.45, 2.75) is 20.8 Å². The standard InChI is InChI=1S/C10H16N2O/c1-4-11-7-5-6-10-8(2)12-13-9(10)3/h5-6,11H,4,7H2,1-3H3. The Kier molecular flexibility index (Phi) is 3.71. The molecule has 0 amide bonds. The van der Waals surface area contributed by atoms with Gasteiger partial charge in [0.25, 0.3) is 0 Å². The van der Waals surface area contributed by atoms with Crippen LogP contribution in [0.2, 0.25) is 0 Å². The van der Waals surface area contributed by atoms with Crippen LogP contribution < -0.4 is 5.32 Å². The van der Waals surface area contributed by atoms with Crippen molar-refractivity contribution >= 4 is 6.08 Å². The van der Waals surface area contributed by atoms with E-state index in [2.05, 4.69) is 23.5 Å². The summed E-state index contributed by atoms with van der Waals surface area (Å²) in [6, 6.07) is 0. The molecule has 0 spiro atoms. The highest BCUT2D eigenvalue weighted by atomic mass is 16.5. The average molecular weight is 180 g/mol. The molecule has 1 N–H and O–H groups in total. The van der Waals surface area contributed by atoms with Crippen LogP contribution in [0.1, 0.15) is 23.9 Å². The van der Waals surface area contributed by atoms with Gasteiger partial charge in [0.1, 0.15) is 5.76 Å². The SMILES string of the molecule is CCNCC=Cc1c(C)noc1C. The lowest BCUT2D eigenvalue weighted by atomic mass is 10.2. The monoisotopic (exact) mass is 180 g/mol. The summed E-state index contributed by atoms with van der Waals surface area (Å²) in [5.41, 5.74) is 2.04. The van der Waals surface area contributed by atoms with Crippen molar-refractivity contribution in [3.8, 4) is 0 Å². The fourth-order valence-electron chi connectivity index (χ4n) is 1.13. The molecule has 0 radical (unpaired) electrons. The molecule has 3 heteroatoms. The maximum atomic E-state index is 5.03. The second-order valence-corrected chi connectivity index (χ2v) is 2.95. The number of nitrogens with one attached hydrogen (secondary N) is 1. The van der Waals surface area contributed by atoms with Crippen LogP contribution in [0.5, 0.6) is 0 Å². The van der Waals surface area contributed by atoms with Gasteiger partial charge in [-0.15, -0.1) is 0 Å². The van der Waals surface area contributed by atoms with Crippen molar-refractivity contribution < 1.29 is 4.52 Å². The second-order valence-electron chi connectivity index (χ2n) is 2.95. The summed E-state index contributed by atoms with van der Waals surface area (Å²) in [5, 5.41) is 7.08. The van der Waals surface area contributed by atoms with Crippen LogP contribution in [0.15, 0.2) is 10.6 Å². The lowest BCUT2D eigenvalue weighted by Gasteiger charge is -1.93. The van der Waals surface area contributed by atoms with Gasteiger partial charge in [-0.2, -0.15) is 0 Å². The van der Waals surface area contributed by atoms with Gasteiger partial charge in [0.2, 0.25) is 0 Å². The van der Waals surface area contributed by atoms with E-state index in [1.165, 1.54) is 0 Å². The number of aromatic nitrogens is 1. The average Bonchev–Trinajstić information content (AvgIpc) is 2.42. The molecule has 0 atom stereocenters. The summed E-state index contributed by atoms with van der Waals surface area (Å²) >= 11 is 0. The molecule has 0 saturated carbocycles. The highest BCUT2D eigenvalue weighted by molar-refractivity contribution is 5.53. The van der Waals surface area contributed by atoms with Crippen molar-refractivity contribution in [1.29, 1.82) is 0 Å². The zero-order valence-corrected chi connectivity index (χ0v) is 8.42. The molecule has 1 aromatic rings. The first-order valence-electron chi connectivity index (χ1n) is 4.55. The van der Waals surface area contributed by atoms with Crippen molar-refractivity contribution in [1.82, 2.24) is 10.5 Å². The minimum Gasteiger partial charge on any atom is -0.361 e. The molecule has 0 aliphatic heterocycles. The summed E-state index contributed by atoms with van der Waals surface area (Å²) in [6.45, 7) is 7.84. The summed E-state index contributed by atoms with van der Waals surface area (Å²) in [7, 11) is 0. The first-order chi connectivity index (χ1) is 6.25. The summed E-state index contributed by atoms with van der Waals surface area (Å²) in [5.74, 6) is 0.880. The largest absolute Gasteiger partial charge is 0.361 e. The number of nitrogens with zero attached hydrogens (tertiary/aromatic N) is 1. The van der Waals surface area contributed by atoms with Gasteiger partial charge >= 0.3 is 0 Å². The smallest absolute Gasteiger partial charge is 0.141 e. The maximum absolute atomic E-state index is 5.03. The fraction of sp³-hybridized carbons (Fsp3) is 0.500. The van der Waals surface area contributed by atoms with Crippen LogP contribution in [0, 0.1) is 13.8 Å². The molecule has 1 rings (SSSR count). The number of aryl methyl sites for hydroxylation is 2. The third kappa shape index (κ3) is 2.70. The van der Waals surface area contributed by atoms with Gasteiger partial charge in [-0.3, -0.25) is 0 Å². The molecule has 0 fully saturated rings. The number of likely N-dealkylation sites (N-methyl/N-ethyl adjacent to an activating group) is 1. The summed E-state index contributed by atoms with van der Waals surface area (Å²) in [4.78, 5) is 0. The molecule has 0 saturated heterocycles. The first-order valence-corrected chi connectivity index (χ1v) is 4.55.